The van der Waals surface area contributed by atoms with Gasteiger partial charge in [0.25, 0.3) is 11.7 Å². The Morgan fingerprint density at radius 3 is 2.59 bits per heavy atom. The van der Waals surface area contributed by atoms with E-state index in [0.29, 0.717) is 34.1 Å². The fourth-order valence-electron chi connectivity index (χ4n) is 3.49. The second kappa shape index (κ2) is 9.15. The number of nitrogens with zero attached hydrogens (tertiary/aromatic N) is 2. The highest BCUT2D eigenvalue weighted by Gasteiger charge is 2.30. The third-order valence-electron chi connectivity index (χ3n) is 5.54. The molecular weight excluding hydrogens is 450 g/mol. The molecule has 1 aliphatic carbocycles. The number of aryl methyl sites for hydroxylation is 1. The summed E-state index contributed by atoms with van der Waals surface area (Å²) >= 11 is 1.39. The standard InChI is InChI=1S/C26H21N3O4S/c1-15-7-10-18(27-25(32)24(31)17-5-3-2-4-6-17)13-21(15)33-22-12-11-19-26(29-22)34-23(28-19)14-20(30)16-8-9-16/h2-7,10-13,16H,8-9,14H2,1H3,(H,27,32). The van der Waals surface area contributed by atoms with E-state index >= 15 is 0 Å². The monoisotopic (exact) mass is 471 g/mol. The number of ketones is 2. The number of nitrogens with one attached hydrogen (secondary N) is 1. The second-order valence-electron chi connectivity index (χ2n) is 8.23. The molecule has 4 aromatic rings. The van der Waals surface area contributed by atoms with Crippen molar-refractivity contribution in [2.24, 2.45) is 5.92 Å². The molecule has 0 unspecified atom stereocenters. The van der Waals surface area contributed by atoms with Gasteiger partial charge in [-0.15, -0.1) is 0 Å². The van der Waals surface area contributed by atoms with E-state index in [1.807, 2.05) is 13.0 Å². The number of pyridine rings is 1. The van der Waals surface area contributed by atoms with Gasteiger partial charge in [-0.2, -0.15) is 0 Å². The van der Waals surface area contributed by atoms with Crippen molar-refractivity contribution in [1.82, 2.24) is 9.97 Å². The van der Waals surface area contributed by atoms with Gasteiger partial charge in [-0.25, -0.2) is 9.97 Å². The smallest absolute Gasteiger partial charge is 0.296 e. The zero-order valence-electron chi connectivity index (χ0n) is 18.4. The highest BCUT2D eigenvalue weighted by molar-refractivity contribution is 7.18. The van der Waals surface area contributed by atoms with Gasteiger partial charge in [0.2, 0.25) is 5.88 Å². The molecule has 0 bridgehead atoms. The van der Waals surface area contributed by atoms with Crippen LogP contribution in [0.3, 0.4) is 0 Å². The largest absolute Gasteiger partial charge is 0.439 e. The molecule has 0 atom stereocenters. The highest BCUT2D eigenvalue weighted by atomic mass is 32.1. The zero-order chi connectivity index (χ0) is 23.7. The van der Waals surface area contributed by atoms with Crippen LogP contribution in [-0.4, -0.2) is 27.4 Å². The van der Waals surface area contributed by atoms with Crippen LogP contribution in [0.1, 0.15) is 33.8 Å². The maximum absolute atomic E-state index is 12.4. The summed E-state index contributed by atoms with van der Waals surface area (Å²) in [6.45, 7) is 1.88. The minimum Gasteiger partial charge on any atom is -0.439 e. The SMILES string of the molecule is Cc1ccc(NC(=O)C(=O)c2ccccc2)cc1Oc1ccc2nc(CC(=O)C3CC3)sc2n1. The summed E-state index contributed by atoms with van der Waals surface area (Å²) in [5.74, 6) is -0.00242. The number of thiazole rings is 1. The molecule has 8 heteroatoms. The number of hydrogen-bond donors (Lipinski definition) is 1. The number of fused-ring (bicyclic) bond motifs is 1. The number of carbonyl (C=O) groups is 3. The van der Waals surface area contributed by atoms with Crippen LogP contribution in [0.15, 0.2) is 60.7 Å². The number of amides is 1. The lowest BCUT2D eigenvalue weighted by atomic mass is 10.1. The number of hydrogen-bond acceptors (Lipinski definition) is 7. The van der Waals surface area contributed by atoms with Crippen molar-refractivity contribution in [3.05, 3.63) is 76.8 Å². The Kier molecular flexibility index (Phi) is 5.90. The number of rotatable bonds is 8. The van der Waals surface area contributed by atoms with E-state index in [9.17, 15) is 14.4 Å². The molecule has 1 N–H and O–H groups in total. The van der Waals surface area contributed by atoms with Gasteiger partial charge in [0.05, 0.1) is 6.42 Å². The van der Waals surface area contributed by atoms with Crippen molar-refractivity contribution in [2.45, 2.75) is 26.2 Å². The average Bonchev–Trinajstić information content (AvgIpc) is 3.62. The lowest BCUT2D eigenvalue weighted by molar-refractivity contribution is -0.119. The molecule has 2 aromatic carbocycles. The molecule has 0 spiro atoms. The van der Waals surface area contributed by atoms with Crippen molar-refractivity contribution in [2.75, 3.05) is 5.32 Å². The predicted octanol–water partition coefficient (Wildman–Crippen LogP) is 5.14. The fraction of sp³-hybridized carbons (Fsp3) is 0.192. The number of carbonyl (C=O) groups excluding carboxylic acids is 3. The summed E-state index contributed by atoms with van der Waals surface area (Å²) in [5, 5.41) is 3.39. The molecule has 7 nitrogen and oxygen atoms in total. The Bertz CT molecular complexity index is 1410. The van der Waals surface area contributed by atoms with Crippen molar-refractivity contribution in [3.8, 4) is 11.6 Å². The summed E-state index contributed by atoms with van der Waals surface area (Å²) in [7, 11) is 0. The van der Waals surface area contributed by atoms with Crippen LogP contribution in [-0.2, 0) is 16.0 Å². The number of benzene rings is 2. The van der Waals surface area contributed by atoms with Crippen LogP contribution in [0.5, 0.6) is 11.6 Å². The molecule has 0 saturated heterocycles. The third-order valence-corrected chi connectivity index (χ3v) is 6.50. The fourth-order valence-corrected chi connectivity index (χ4v) is 4.42. The topological polar surface area (TPSA) is 98.3 Å². The van der Waals surface area contributed by atoms with Crippen molar-refractivity contribution in [1.29, 1.82) is 0 Å². The molecule has 34 heavy (non-hydrogen) atoms. The number of anilines is 1. The summed E-state index contributed by atoms with van der Waals surface area (Å²) in [5.41, 5.74) is 2.33. The minimum absolute atomic E-state index is 0.206. The first kappa shape index (κ1) is 21.9. The van der Waals surface area contributed by atoms with E-state index in [0.717, 1.165) is 28.9 Å². The molecule has 2 heterocycles. The van der Waals surface area contributed by atoms with Crippen molar-refractivity contribution >= 4 is 44.8 Å². The van der Waals surface area contributed by atoms with Gasteiger partial charge in [-0.3, -0.25) is 14.4 Å². The summed E-state index contributed by atoms with van der Waals surface area (Å²) < 4.78 is 5.99. The van der Waals surface area contributed by atoms with Crippen molar-refractivity contribution < 1.29 is 19.1 Å². The summed E-state index contributed by atoms with van der Waals surface area (Å²) in [4.78, 5) is 46.6. The van der Waals surface area contributed by atoms with Gasteiger partial charge in [-0.1, -0.05) is 47.7 Å². The van der Waals surface area contributed by atoms with Crippen LogP contribution in [0.2, 0.25) is 0 Å². The minimum atomic E-state index is -0.724. The van der Waals surface area contributed by atoms with Gasteiger partial charge in [-0.05, 0) is 37.5 Å². The van der Waals surface area contributed by atoms with E-state index in [4.69, 9.17) is 4.74 Å². The Labute approximate surface area is 199 Å². The molecule has 2 aromatic heterocycles. The zero-order valence-corrected chi connectivity index (χ0v) is 19.2. The van der Waals surface area contributed by atoms with E-state index in [2.05, 4.69) is 15.3 Å². The van der Waals surface area contributed by atoms with E-state index < -0.39 is 11.7 Å². The van der Waals surface area contributed by atoms with Crippen LogP contribution in [0, 0.1) is 12.8 Å². The average molecular weight is 472 g/mol. The predicted molar refractivity (Wildman–Crippen MR) is 130 cm³/mol. The molecule has 1 aliphatic rings. The number of Topliss-reactive ketones (excluding diaryl/α,β-unsaturated/α-hetero) is 2. The van der Waals surface area contributed by atoms with E-state index in [-0.39, 0.29) is 11.7 Å². The normalized spacial score (nSPS) is 13.0. The summed E-state index contributed by atoms with van der Waals surface area (Å²) in [6, 6.07) is 17.1. The van der Waals surface area contributed by atoms with Crippen molar-refractivity contribution in [3.63, 3.8) is 0 Å². The molecule has 1 fully saturated rings. The quantitative estimate of drug-likeness (QED) is 0.282. The van der Waals surface area contributed by atoms with Gasteiger partial charge in [0, 0.05) is 29.3 Å². The Balaban J connectivity index is 1.31. The lowest BCUT2D eigenvalue weighted by Gasteiger charge is -2.11. The van der Waals surface area contributed by atoms with Gasteiger partial charge in [0.15, 0.2) is 0 Å². The van der Waals surface area contributed by atoms with Crippen LogP contribution < -0.4 is 10.1 Å². The Morgan fingerprint density at radius 1 is 1.03 bits per heavy atom. The first-order valence-corrected chi connectivity index (χ1v) is 11.8. The molecule has 5 rings (SSSR count). The maximum Gasteiger partial charge on any atom is 0.296 e. The number of ether oxygens (including phenoxy) is 1. The molecule has 0 aliphatic heterocycles. The molecular formula is C26H21N3O4S. The summed E-state index contributed by atoms with van der Waals surface area (Å²) in [6.07, 6.45) is 2.32. The molecule has 1 amide bonds. The van der Waals surface area contributed by atoms with Gasteiger partial charge in [0.1, 0.15) is 26.9 Å². The molecule has 1 saturated carbocycles. The molecule has 0 radical (unpaired) electrons. The lowest BCUT2D eigenvalue weighted by Crippen LogP contribution is -2.22. The highest BCUT2D eigenvalue weighted by Crippen LogP contribution is 2.33. The van der Waals surface area contributed by atoms with E-state index in [1.165, 1.54) is 11.3 Å². The Hall–Kier alpha value is -3.91. The maximum atomic E-state index is 12.4. The molecule has 170 valence electrons. The third kappa shape index (κ3) is 4.87. The van der Waals surface area contributed by atoms with Gasteiger partial charge >= 0.3 is 0 Å². The van der Waals surface area contributed by atoms with Crippen LogP contribution >= 0.6 is 11.3 Å². The second-order valence-corrected chi connectivity index (χ2v) is 9.29. The van der Waals surface area contributed by atoms with Gasteiger partial charge < -0.3 is 10.1 Å². The first-order chi connectivity index (χ1) is 16.5. The van der Waals surface area contributed by atoms with Crippen LogP contribution in [0.25, 0.3) is 10.3 Å². The Morgan fingerprint density at radius 2 is 1.82 bits per heavy atom. The van der Waals surface area contributed by atoms with E-state index in [1.54, 1.807) is 54.6 Å². The van der Waals surface area contributed by atoms with Crippen LogP contribution in [0.4, 0.5) is 5.69 Å². The first-order valence-electron chi connectivity index (χ1n) is 10.9. The number of aromatic nitrogens is 2.